The zero-order valence-electron chi connectivity index (χ0n) is 8.03. The number of nitrogens with one attached hydrogen (secondary N) is 1. The van der Waals surface area contributed by atoms with E-state index in [1.807, 2.05) is 4.90 Å². The largest absolute Gasteiger partial charge is 0.396 e. The summed E-state index contributed by atoms with van der Waals surface area (Å²) in [5, 5.41) is 2.77. The van der Waals surface area contributed by atoms with E-state index in [-0.39, 0.29) is 5.91 Å². The molecule has 0 aromatic carbocycles. The van der Waals surface area contributed by atoms with Crippen molar-refractivity contribution in [2.45, 2.75) is 0 Å². The maximum absolute atomic E-state index is 11.2. The zero-order chi connectivity index (χ0) is 10.8. The van der Waals surface area contributed by atoms with E-state index in [1.54, 1.807) is 12.4 Å². The number of halogens is 1. The lowest BCUT2D eigenvalue weighted by molar-refractivity contribution is -0.120. The first-order valence-corrected chi connectivity index (χ1v) is 5.38. The van der Waals surface area contributed by atoms with Crippen LogP contribution in [0.25, 0.3) is 0 Å². The summed E-state index contributed by atoms with van der Waals surface area (Å²) in [7, 11) is 0. The molecule has 0 saturated carbocycles. The van der Waals surface area contributed by atoms with Gasteiger partial charge in [0.25, 0.3) is 0 Å². The fourth-order valence-electron chi connectivity index (χ4n) is 1.61. The number of hydrogen-bond acceptors (Lipinski definition) is 4. The third-order valence-electron chi connectivity index (χ3n) is 2.26. The third-order valence-corrected chi connectivity index (χ3v) is 2.84. The summed E-state index contributed by atoms with van der Waals surface area (Å²) in [4.78, 5) is 17.1. The number of rotatable bonds is 1. The molecule has 0 unspecified atom stereocenters. The van der Waals surface area contributed by atoms with E-state index in [9.17, 15) is 4.79 Å². The Hall–Kier alpha value is -1.30. The number of amides is 1. The van der Waals surface area contributed by atoms with Gasteiger partial charge in [-0.05, 0) is 15.9 Å². The zero-order valence-corrected chi connectivity index (χ0v) is 9.62. The van der Waals surface area contributed by atoms with Crippen LogP contribution in [-0.4, -0.2) is 30.5 Å². The second-order valence-electron chi connectivity index (χ2n) is 3.33. The van der Waals surface area contributed by atoms with E-state index in [4.69, 9.17) is 5.73 Å². The predicted molar refractivity (Wildman–Crippen MR) is 61.6 cm³/mol. The Morgan fingerprint density at radius 3 is 3.00 bits per heavy atom. The Morgan fingerprint density at radius 1 is 1.53 bits per heavy atom. The number of nitrogens with two attached hydrogens (primary N) is 1. The second-order valence-corrected chi connectivity index (χ2v) is 4.19. The average molecular weight is 271 g/mol. The SMILES string of the molecule is Nc1cncc(Br)c1N1CCNC(=O)C1. The molecular formula is C9H11BrN4O. The molecule has 0 spiro atoms. The van der Waals surface area contributed by atoms with Crippen LogP contribution in [-0.2, 0) is 4.79 Å². The van der Waals surface area contributed by atoms with Crippen molar-refractivity contribution < 1.29 is 4.79 Å². The molecule has 0 atom stereocenters. The number of hydrogen-bond donors (Lipinski definition) is 2. The molecule has 1 aromatic heterocycles. The Bertz CT molecular complexity index is 375. The summed E-state index contributed by atoms with van der Waals surface area (Å²) >= 11 is 3.39. The van der Waals surface area contributed by atoms with Crippen molar-refractivity contribution >= 4 is 33.2 Å². The first kappa shape index (κ1) is 10.2. The third kappa shape index (κ3) is 2.04. The quantitative estimate of drug-likeness (QED) is 0.773. The van der Waals surface area contributed by atoms with Gasteiger partial charge in [-0.25, -0.2) is 0 Å². The van der Waals surface area contributed by atoms with Crippen LogP contribution in [0.5, 0.6) is 0 Å². The lowest BCUT2D eigenvalue weighted by atomic mass is 10.2. The Kier molecular flexibility index (Phi) is 2.77. The van der Waals surface area contributed by atoms with Crippen LogP contribution in [0.1, 0.15) is 0 Å². The molecule has 0 aliphatic carbocycles. The number of aromatic nitrogens is 1. The first-order chi connectivity index (χ1) is 7.18. The second kappa shape index (κ2) is 4.06. The van der Waals surface area contributed by atoms with Crippen molar-refractivity contribution in [3.63, 3.8) is 0 Å². The van der Waals surface area contributed by atoms with Crippen molar-refractivity contribution in [1.82, 2.24) is 10.3 Å². The highest BCUT2D eigenvalue weighted by Crippen LogP contribution is 2.31. The number of pyridine rings is 1. The van der Waals surface area contributed by atoms with Crippen molar-refractivity contribution in [1.29, 1.82) is 0 Å². The van der Waals surface area contributed by atoms with Gasteiger partial charge in [0.1, 0.15) is 0 Å². The van der Waals surface area contributed by atoms with E-state index in [1.165, 1.54) is 0 Å². The smallest absolute Gasteiger partial charge is 0.239 e. The Balaban J connectivity index is 2.32. The van der Waals surface area contributed by atoms with Crippen LogP contribution in [0.15, 0.2) is 16.9 Å². The van der Waals surface area contributed by atoms with Gasteiger partial charge in [0.05, 0.1) is 28.6 Å². The number of carbonyl (C=O) groups is 1. The normalized spacial score (nSPS) is 16.3. The Labute approximate surface area is 95.8 Å². The van der Waals surface area contributed by atoms with Crippen LogP contribution in [0.4, 0.5) is 11.4 Å². The van der Waals surface area contributed by atoms with Gasteiger partial charge in [0.15, 0.2) is 0 Å². The fraction of sp³-hybridized carbons (Fsp3) is 0.333. The summed E-state index contributed by atoms with van der Waals surface area (Å²) < 4.78 is 0.817. The molecule has 2 heterocycles. The molecule has 1 aliphatic rings. The average Bonchev–Trinajstić information content (AvgIpc) is 2.17. The molecule has 0 bridgehead atoms. The van der Waals surface area contributed by atoms with Crippen LogP contribution in [0.2, 0.25) is 0 Å². The van der Waals surface area contributed by atoms with Crippen molar-refractivity contribution in [3.05, 3.63) is 16.9 Å². The molecule has 1 aromatic rings. The van der Waals surface area contributed by atoms with Gasteiger partial charge in [-0.1, -0.05) is 0 Å². The first-order valence-electron chi connectivity index (χ1n) is 4.59. The van der Waals surface area contributed by atoms with E-state index in [2.05, 4.69) is 26.2 Å². The molecule has 80 valence electrons. The maximum atomic E-state index is 11.2. The van der Waals surface area contributed by atoms with E-state index >= 15 is 0 Å². The van der Waals surface area contributed by atoms with Gasteiger partial charge in [0, 0.05) is 19.3 Å². The van der Waals surface area contributed by atoms with Gasteiger partial charge in [-0.2, -0.15) is 0 Å². The molecule has 1 aliphatic heterocycles. The van der Waals surface area contributed by atoms with Crippen molar-refractivity contribution in [3.8, 4) is 0 Å². The topological polar surface area (TPSA) is 71.2 Å². The predicted octanol–water partition coefficient (Wildman–Crippen LogP) is 0.362. The van der Waals surface area contributed by atoms with E-state index < -0.39 is 0 Å². The van der Waals surface area contributed by atoms with Gasteiger partial charge in [-0.15, -0.1) is 0 Å². The number of nitrogens with zero attached hydrogens (tertiary/aromatic N) is 2. The maximum Gasteiger partial charge on any atom is 0.239 e. The van der Waals surface area contributed by atoms with Crippen LogP contribution < -0.4 is 16.0 Å². The highest BCUT2D eigenvalue weighted by Gasteiger charge is 2.20. The van der Waals surface area contributed by atoms with Crippen molar-refractivity contribution in [2.24, 2.45) is 0 Å². The van der Waals surface area contributed by atoms with Crippen LogP contribution in [0.3, 0.4) is 0 Å². The molecule has 0 radical (unpaired) electrons. The highest BCUT2D eigenvalue weighted by molar-refractivity contribution is 9.10. The molecule has 6 heteroatoms. The summed E-state index contributed by atoms with van der Waals surface area (Å²) in [6.45, 7) is 1.75. The van der Waals surface area contributed by atoms with Gasteiger partial charge < -0.3 is 16.0 Å². The molecule has 5 nitrogen and oxygen atoms in total. The summed E-state index contributed by atoms with van der Waals surface area (Å²) in [6.07, 6.45) is 3.27. The number of nitrogen functional groups attached to an aromatic ring is 1. The number of piperazine rings is 1. The monoisotopic (exact) mass is 270 g/mol. The molecule has 1 fully saturated rings. The van der Waals surface area contributed by atoms with E-state index in [0.29, 0.717) is 18.8 Å². The number of anilines is 2. The Morgan fingerprint density at radius 2 is 2.33 bits per heavy atom. The minimum absolute atomic E-state index is 0.0179. The van der Waals surface area contributed by atoms with Gasteiger partial charge in [0.2, 0.25) is 5.91 Å². The minimum atomic E-state index is 0.0179. The molecular weight excluding hydrogens is 260 g/mol. The highest BCUT2D eigenvalue weighted by atomic mass is 79.9. The van der Waals surface area contributed by atoms with Gasteiger partial charge in [-0.3, -0.25) is 9.78 Å². The molecule has 3 N–H and O–H groups in total. The van der Waals surface area contributed by atoms with E-state index in [0.717, 1.165) is 16.7 Å². The summed E-state index contributed by atoms with van der Waals surface area (Å²) in [6, 6.07) is 0. The fourth-order valence-corrected chi connectivity index (χ4v) is 2.20. The molecule has 15 heavy (non-hydrogen) atoms. The minimum Gasteiger partial charge on any atom is -0.396 e. The van der Waals surface area contributed by atoms with Crippen LogP contribution in [0, 0.1) is 0 Å². The molecule has 1 saturated heterocycles. The lowest BCUT2D eigenvalue weighted by Gasteiger charge is -2.30. The standard InChI is InChI=1S/C9H11BrN4O/c10-6-3-12-4-7(11)9(6)14-2-1-13-8(15)5-14/h3-4H,1-2,5,11H2,(H,13,15). The van der Waals surface area contributed by atoms with Gasteiger partial charge >= 0.3 is 0 Å². The molecule has 1 amide bonds. The van der Waals surface area contributed by atoms with Crippen molar-refractivity contribution in [2.75, 3.05) is 30.3 Å². The summed E-state index contributed by atoms with van der Waals surface area (Å²) in [5.74, 6) is 0.0179. The number of carbonyl (C=O) groups excluding carboxylic acids is 1. The summed E-state index contributed by atoms with van der Waals surface area (Å²) in [5.41, 5.74) is 7.26. The molecule has 2 rings (SSSR count). The lowest BCUT2D eigenvalue weighted by Crippen LogP contribution is -2.48. The van der Waals surface area contributed by atoms with Crippen LogP contribution >= 0.6 is 15.9 Å².